The predicted molar refractivity (Wildman–Crippen MR) is 81.8 cm³/mol. The first kappa shape index (κ1) is 13.7. The van der Waals surface area contributed by atoms with Gasteiger partial charge in [0, 0.05) is 10.5 Å². The summed E-state index contributed by atoms with van der Waals surface area (Å²) in [6.07, 6.45) is 0.688. The van der Waals surface area contributed by atoms with E-state index in [1.54, 1.807) is 24.3 Å². The first-order valence-corrected chi connectivity index (χ1v) is 7.52. The molecule has 0 aromatic heterocycles. The molecule has 0 aliphatic carbocycles. The van der Waals surface area contributed by atoms with E-state index in [0.29, 0.717) is 12.0 Å². The number of carbonyl (C=O) groups excluding carboxylic acids is 2. The number of amides is 2. The van der Waals surface area contributed by atoms with Gasteiger partial charge in [0.1, 0.15) is 0 Å². The largest absolute Gasteiger partial charge is 0.272 e. The molecule has 1 atom stereocenters. The highest BCUT2D eigenvalue weighted by molar-refractivity contribution is 8.01. The Kier molecular flexibility index (Phi) is 3.92. The Morgan fingerprint density at radius 3 is 2.43 bits per heavy atom. The molecular weight excluding hydrogens is 284 g/mol. The van der Waals surface area contributed by atoms with E-state index in [2.05, 4.69) is 10.9 Å². The van der Waals surface area contributed by atoms with Crippen molar-refractivity contribution in [3.8, 4) is 0 Å². The van der Waals surface area contributed by atoms with Crippen LogP contribution in [0, 0.1) is 0 Å². The van der Waals surface area contributed by atoms with E-state index >= 15 is 0 Å². The molecule has 0 bridgehead atoms. The van der Waals surface area contributed by atoms with E-state index in [0.717, 1.165) is 4.90 Å². The summed E-state index contributed by atoms with van der Waals surface area (Å²) < 4.78 is 0. The average molecular weight is 298 g/mol. The summed E-state index contributed by atoms with van der Waals surface area (Å²) in [6, 6.07) is 16.7. The maximum Gasteiger partial charge on any atom is 0.269 e. The summed E-state index contributed by atoms with van der Waals surface area (Å²) in [7, 11) is 0. The van der Waals surface area contributed by atoms with Crippen LogP contribution in [0.15, 0.2) is 59.5 Å². The van der Waals surface area contributed by atoms with Crippen LogP contribution in [-0.4, -0.2) is 17.1 Å². The van der Waals surface area contributed by atoms with Crippen LogP contribution in [0.25, 0.3) is 0 Å². The van der Waals surface area contributed by atoms with Crippen molar-refractivity contribution >= 4 is 23.6 Å². The zero-order chi connectivity index (χ0) is 14.7. The van der Waals surface area contributed by atoms with Gasteiger partial charge in [0.15, 0.2) is 0 Å². The zero-order valence-corrected chi connectivity index (χ0v) is 12.0. The second-order valence-electron chi connectivity index (χ2n) is 4.73. The van der Waals surface area contributed by atoms with Gasteiger partial charge in [-0.2, -0.15) is 0 Å². The molecule has 2 N–H and O–H groups in total. The van der Waals surface area contributed by atoms with Crippen LogP contribution in [0.4, 0.5) is 0 Å². The number of hydrogen-bond donors (Lipinski definition) is 2. The average Bonchev–Trinajstić information content (AvgIpc) is 2.97. The molecule has 1 aliphatic heterocycles. The fourth-order valence-corrected chi connectivity index (χ4v) is 3.38. The summed E-state index contributed by atoms with van der Waals surface area (Å²) in [6.45, 7) is 0. The third-order valence-corrected chi connectivity index (χ3v) is 4.59. The molecule has 2 aromatic carbocycles. The SMILES string of the molecule is O=C(NNC(=O)C1Cc2ccccc2S1)c1ccccc1. The van der Waals surface area contributed by atoms with Gasteiger partial charge in [-0.15, -0.1) is 11.8 Å². The summed E-state index contributed by atoms with van der Waals surface area (Å²) in [4.78, 5) is 25.1. The fraction of sp³-hybridized carbons (Fsp3) is 0.125. The lowest BCUT2D eigenvalue weighted by atomic mass is 10.1. The summed E-state index contributed by atoms with van der Waals surface area (Å²) in [5, 5.41) is -0.196. The highest BCUT2D eigenvalue weighted by Crippen LogP contribution is 2.36. The Morgan fingerprint density at radius 2 is 1.67 bits per heavy atom. The van der Waals surface area contributed by atoms with Crippen molar-refractivity contribution in [1.82, 2.24) is 10.9 Å². The Balaban J connectivity index is 1.55. The van der Waals surface area contributed by atoms with Gasteiger partial charge in [-0.05, 0) is 30.2 Å². The van der Waals surface area contributed by atoms with Crippen LogP contribution in [0.5, 0.6) is 0 Å². The third kappa shape index (κ3) is 3.08. The molecule has 0 saturated heterocycles. The van der Waals surface area contributed by atoms with Crippen LogP contribution in [0.2, 0.25) is 0 Å². The van der Waals surface area contributed by atoms with Crippen molar-refractivity contribution in [3.05, 3.63) is 65.7 Å². The van der Waals surface area contributed by atoms with Gasteiger partial charge < -0.3 is 0 Å². The van der Waals surface area contributed by atoms with Gasteiger partial charge >= 0.3 is 0 Å². The number of thioether (sulfide) groups is 1. The lowest BCUT2D eigenvalue weighted by Crippen LogP contribution is -2.45. The van der Waals surface area contributed by atoms with Gasteiger partial charge in [0.05, 0.1) is 5.25 Å². The molecule has 106 valence electrons. The molecule has 3 rings (SSSR count). The molecule has 0 spiro atoms. The van der Waals surface area contributed by atoms with E-state index in [9.17, 15) is 9.59 Å². The van der Waals surface area contributed by atoms with Gasteiger partial charge in [0.2, 0.25) is 0 Å². The number of fused-ring (bicyclic) bond motifs is 1. The minimum atomic E-state index is -0.315. The third-order valence-electron chi connectivity index (χ3n) is 3.27. The summed E-state index contributed by atoms with van der Waals surface area (Å²) in [5.41, 5.74) is 6.64. The topological polar surface area (TPSA) is 58.2 Å². The highest BCUT2D eigenvalue weighted by Gasteiger charge is 2.28. The quantitative estimate of drug-likeness (QED) is 0.835. The van der Waals surface area contributed by atoms with Crippen molar-refractivity contribution in [2.24, 2.45) is 0 Å². The second kappa shape index (κ2) is 6.01. The monoisotopic (exact) mass is 298 g/mol. The van der Waals surface area contributed by atoms with Gasteiger partial charge in [0.25, 0.3) is 11.8 Å². The normalized spacial score (nSPS) is 16.1. The predicted octanol–water partition coefficient (Wildman–Crippen LogP) is 2.16. The van der Waals surface area contributed by atoms with Crippen molar-refractivity contribution in [2.75, 3.05) is 0 Å². The molecule has 2 aromatic rings. The maximum absolute atomic E-state index is 12.1. The lowest BCUT2D eigenvalue weighted by molar-refractivity contribution is -0.121. The van der Waals surface area contributed by atoms with Crippen molar-refractivity contribution < 1.29 is 9.59 Å². The number of nitrogens with one attached hydrogen (secondary N) is 2. The Hall–Kier alpha value is -2.27. The van der Waals surface area contributed by atoms with Crippen LogP contribution >= 0.6 is 11.8 Å². The van der Waals surface area contributed by atoms with Crippen LogP contribution in [-0.2, 0) is 11.2 Å². The zero-order valence-electron chi connectivity index (χ0n) is 11.2. The summed E-state index contributed by atoms with van der Waals surface area (Å²) >= 11 is 1.53. The van der Waals surface area contributed by atoms with Crippen molar-refractivity contribution in [2.45, 2.75) is 16.6 Å². The first-order valence-electron chi connectivity index (χ1n) is 6.64. The number of rotatable bonds is 2. The maximum atomic E-state index is 12.1. The fourth-order valence-electron chi connectivity index (χ4n) is 2.19. The molecule has 1 unspecified atom stereocenters. The van der Waals surface area contributed by atoms with E-state index in [4.69, 9.17) is 0 Å². The van der Waals surface area contributed by atoms with Crippen LogP contribution < -0.4 is 10.9 Å². The van der Waals surface area contributed by atoms with E-state index in [-0.39, 0.29) is 17.1 Å². The minimum Gasteiger partial charge on any atom is -0.272 e. The molecule has 0 fully saturated rings. The first-order chi connectivity index (χ1) is 10.2. The van der Waals surface area contributed by atoms with Crippen molar-refractivity contribution in [3.63, 3.8) is 0 Å². The minimum absolute atomic E-state index is 0.180. The molecular formula is C16H14N2O2S. The highest BCUT2D eigenvalue weighted by atomic mass is 32.2. The number of hydrogen-bond acceptors (Lipinski definition) is 3. The smallest absolute Gasteiger partial charge is 0.269 e. The van der Waals surface area contributed by atoms with Gasteiger partial charge in [-0.3, -0.25) is 20.4 Å². The molecule has 0 radical (unpaired) electrons. The molecule has 0 saturated carbocycles. The van der Waals surface area contributed by atoms with E-state index in [1.165, 1.54) is 17.3 Å². The van der Waals surface area contributed by atoms with Gasteiger partial charge in [-0.25, -0.2) is 0 Å². The van der Waals surface area contributed by atoms with E-state index in [1.807, 2.05) is 30.3 Å². The Bertz CT molecular complexity index is 648. The molecule has 1 heterocycles. The molecule has 4 nitrogen and oxygen atoms in total. The van der Waals surface area contributed by atoms with Crippen molar-refractivity contribution in [1.29, 1.82) is 0 Å². The second-order valence-corrected chi connectivity index (χ2v) is 5.97. The molecule has 21 heavy (non-hydrogen) atoms. The van der Waals surface area contributed by atoms with Crippen LogP contribution in [0.1, 0.15) is 15.9 Å². The summed E-state index contributed by atoms with van der Waals surface area (Å²) in [5.74, 6) is -0.495. The van der Waals surface area contributed by atoms with E-state index < -0.39 is 0 Å². The Labute approximate surface area is 126 Å². The lowest BCUT2D eigenvalue weighted by Gasteiger charge is -2.11. The molecule has 2 amide bonds. The van der Waals surface area contributed by atoms with Gasteiger partial charge in [-0.1, -0.05) is 36.4 Å². The number of benzene rings is 2. The number of carbonyl (C=O) groups is 2. The molecule has 1 aliphatic rings. The van der Waals surface area contributed by atoms with Crippen LogP contribution in [0.3, 0.4) is 0 Å². The number of hydrazine groups is 1. The Morgan fingerprint density at radius 1 is 0.952 bits per heavy atom. The standard InChI is InChI=1S/C16H14N2O2S/c19-15(11-6-2-1-3-7-11)17-18-16(20)14-10-12-8-4-5-9-13(12)21-14/h1-9,14H,10H2,(H,17,19)(H,18,20). The molecule has 5 heteroatoms.